The molecule has 222 valence electrons. The van der Waals surface area contributed by atoms with Gasteiger partial charge < -0.3 is 0 Å². The molecule has 0 N–H and O–H groups in total. The molecule has 4 aliphatic rings. The van der Waals surface area contributed by atoms with Crippen molar-refractivity contribution in [2.24, 2.45) is 21.4 Å². The Hall–Kier alpha value is -4.44. The molecular formula is C34H31BrN6O3. The number of imide groups is 1. The van der Waals surface area contributed by atoms with Crippen LogP contribution in [-0.2, 0) is 14.4 Å². The maximum atomic E-state index is 14.1. The van der Waals surface area contributed by atoms with Gasteiger partial charge in [0.1, 0.15) is 6.54 Å². The van der Waals surface area contributed by atoms with Crippen molar-refractivity contribution in [1.82, 2.24) is 10.0 Å². The Morgan fingerprint density at radius 3 is 2.30 bits per heavy atom. The van der Waals surface area contributed by atoms with Gasteiger partial charge in [0.15, 0.2) is 12.1 Å². The fourth-order valence-corrected chi connectivity index (χ4v) is 6.84. The van der Waals surface area contributed by atoms with Crippen LogP contribution in [0.25, 0.3) is 6.08 Å². The summed E-state index contributed by atoms with van der Waals surface area (Å²) in [5.41, 5.74) is 6.99. The minimum atomic E-state index is -0.983. The number of hydrogen-bond acceptors (Lipinski definition) is 7. The number of hydrazone groups is 1. The standard InChI is InChI=1S/C34H31BrN6O3/c1-20-6-10-22(11-7-20)18-24-4-3-5-27-29(24)37-41(31(27)23-12-8-21(2)9-13-23)28(42)19-39-32-30(36-38-39)33(43)40(34(32)44)26-16-14-25(35)15-17-26/h6-18,27,30-32H,3-5,19H2,1-2H3/b24-18+/t27-,30-,31-,32+/m0/s1. The number of carbonyl (C=O) groups is 3. The maximum Gasteiger partial charge on any atom is 0.264 e. The van der Waals surface area contributed by atoms with Gasteiger partial charge in [-0.1, -0.05) is 80.8 Å². The molecular weight excluding hydrogens is 620 g/mol. The molecule has 7 rings (SSSR count). The minimum absolute atomic E-state index is 0.0441. The normalized spacial score (nSPS) is 25.1. The Labute approximate surface area is 264 Å². The molecule has 4 atom stereocenters. The van der Waals surface area contributed by atoms with Crippen molar-refractivity contribution >= 4 is 51.1 Å². The maximum absolute atomic E-state index is 14.1. The van der Waals surface area contributed by atoms with E-state index in [0.29, 0.717) is 5.69 Å². The Balaban J connectivity index is 1.18. The number of rotatable bonds is 5. The molecule has 10 heteroatoms. The summed E-state index contributed by atoms with van der Waals surface area (Å²) in [5, 5.41) is 16.2. The van der Waals surface area contributed by atoms with E-state index < -0.39 is 23.9 Å². The number of hydrogen-bond donors (Lipinski definition) is 0. The van der Waals surface area contributed by atoms with Crippen LogP contribution in [0.5, 0.6) is 0 Å². The molecule has 0 radical (unpaired) electrons. The average molecular weight is 652 g/mol. The molecule has 1 aliphatic carbocycles. The van der Waals surface area contributed by atoms with Crippen molar-refractivity contribution in [3.63, 3.8) is 0 Å². The van der Waals surface area contributed by atoms with Gasteiger partial charge in [-0.15, -0.1) is 0 Å². The van der Waals surface area contributed by atoms with Crippen molar-refractivity contribution in [3.8, 4) is 0 Å². The first-order valence-electron chi connectivity index (χ1n) is 14.8. The molecule has 3 amide bonds. The van der Waals surface area contributed by atoms with E-state index in [2.05, 4.69) is 87.8 Å². The summed E-state index contributed by atoms with van der Waals surface area (Å²) in [7, 11) is 0. The van der Waals surface area contributed by atoms with Crippen LogP contribution in [0.3, 0.4) is 0 Å². The number of aryl methyl sites for hydroxylation is 2. The van der Waals surface area contributed by atoms with Crippen LogP contribution in [0.15, 0.2) is 98.3 Å². The second kappa shape index (κ2) is 11.2. The van der Waals surface area contributed by atoms with E-state index in [1.54, 1.807) is 29.3 Å². The Morgan fingerprint density at radius 1 is 0.909 bits per heavy atom. The van der Waals surface area contributed by atoms with Crippen LogP contribution in [0.1, 0.15) is 47.6 Å². The van der Waals surface area contributed by atoms with Gasteiger partial charge in [-0.25, -0.2) is 9.91 Å². The first-order chi connectivity index (χ1) is 21.3. The largest absolute Gasteiger partial charge is 0.271 e. The summed E-state index contributed by atoms with van der Waals surface area (Å²) in [5.74, 6) is -1.14. The van der Waals surface area contributed by atoms with Gasteiger partial charge in [0.25, 0.3) is 17.7 Å². The summed E-state index contributed by atoms with van der Waals surface area (Å²) in [6.45, 7) is 3.89. The molecule has 44 heavy (non-hydrogen) atoms. The quantitative estimate of drug-likeness (QED) is 0.308. The summed E-state index contributed by atoms with van der Waals surface area (Å²) < 4.78 is 0.834. The van der Waals surface area contributed by atoms with E-state index in [1.807, 2.05) is 6.92 Å². The number of anilines is 1. The fraction of sp³-hybridized carbons (Fsp3) is 0.294. The number of amides is 3. The smallest absolute Gasteiger partial charge is 0.264 e. The van der Waals surface area contributed by atoms with Crippen molar-refractivity contribution in [1.29, 1.82) is 0 Å². The number of nitrogens with zero attached hydrogens (tertiary/aromatic N) is 6. The van der Waals surface area contributed by atoms with Gasteiger partial charge in [-0.2, -0.15) is 10.2 Å². The number of carbonyl (C=O) groups excluding carboxylic acids is 3. The highest BCUT2D eigenvalue weighted by Gasteiger charge is 2.55. The van der Waals surface area contributed by atoms with E-state index in [4.69, 9.17) is 5.10 Å². The zero-order chi connectivity index (χ0) is 30.5. The Morgan fingerprint density at radius 2 is 1.59 bits per heavy atom. The third-order valence-electron chi connectivity index (χ3n) is 8.83. The van der Waals surface area contributed by atoms with Crippen molar-refractivity contribution in [3.05, 3.63) is 105 Å². The Bertz CT molecular complexity index is 1730. The lowest BCUT2D eigenvalue weighted by Gasteiger charge is -2.30. The predicted octanol–water partition coefficient (Wildman–Crippen LogP) is 6.18. The first-order valence-corrected chi connectivity index (χ1v) is 15.6. The minimum Gasteiger partial charge on any atom is -0.271 e. The molecule has 0 bridgehead atoms. The molecule has 9 nitrogen and oxygen atoms in total. The number of halogens is 1. The highest BCUT2D eigenvalue weighted by atomic mass is 79.9. The average Bonchev–Trinajstić information content (AvgIpc) is 3.69. The zero-order valence-electron chi connectivity index (χ0n) is 24.4. The zero-order valence-corrected chi connectivity index (χ0v) is 26.0. The van der Waals surface area contributed by atoms with Gasteiger partial charge in [0.05, 0.1) is 17.4 Å². The van der Waals surface area contributed by atoms with Gasteiger partial charge in [0, 0.05) is 10.4 Å². The molecule has 3 aromatic carbocycles. The van der Waals surface area contributed by atoms with Crippen molar-refractivity contribution in [2.75, 3.05) is 11.4 Å². The fourth-order valence-electron chi connectivity index (χ4n) is 6.58. The van der Waals surface area contributed by atoms with Crippen LogP contribution in [0.2, 0.25) is 0 Å². The molecule has 3 aromatic rings. The van der Waals surface area contributed by atoms with Gasteiger partial charge in [-0.05, 0) is 80.2 Å². The molecule has 0 aromatic heterocycles. The summed E-state index contributed by atoms with van der Waals surface area (Å²) >= 11 is 3.39. The van der Waals surface area contributed by atoms with E-state index in [-0.39, 0.29) is 24.4 Å². The van der Waals surface area contributed by atoms with Gasteiger partial charge in [0.2, 0.25) is 0 Å². The highest BCUT2D eigenvalue weighted by molar-refractivity contribution is 9.10. The first kappa shape index (κ1) is 28.3. The monoisotopic (exact) mass is 650 g/mol. The SMILES string of the molecule is Cc1ccc(/C=C2\CCC[C@H]3C2=NN(C(=O)CN2N=N[C@@H]4C(=O)N(c5ccc(Br)cc5)C(=O)[C@@H]42)[C@H]3c2ccc(C)cc2)cc1. The van der Waals surface area contributed by atoms with E-state index in [9.17, 15) is 14.4 Å². The number of allylic oxidation sites excluding steroid dienone is 1. The lowest BCUT2D eigenvalue weighted by Crippen LogP contribution is -2.45. The molecule has 0 spiro atoms. The van der Waals surface area contributed by atoms with Gasteiger partial charge >= 0.3 is 0 Å². The molecule has 0 unspecified atom stereocenters. The molecule has 3 heterocycles. The predicted molar refractivity (Wildman–Crippen MR) is 170 cm³/mol. The molecule has 3 aliphatic heterocycles. The van der Waals surface area contributed by atoms with Crippen LogP contribution >= 0.6 is 15.9 Å². The van der Waals surface area contributed by atoms with Crippen LogP contribution in [0.4, 0.5) is 5.69 Å². The van der Waals surface area contributed by atoms with E-state index >= 15 is 0 Å². The van der Waals surface area contributed by atoms with E-state index in [1.165, 1.54) is 10.6 Å². The third-order valence-corrected chi connectivity index (χ3v) is 9.36. The number of fused-ring (bicyclic) bond motifs is 2. The molecule has 1 saturated carbocycles. The van der Waals surface area contributed by atoms with Crippen LogP contribution in [-0.4, -0.2) is 52.1 Å². The summed E-state index contributed by atoms with van der Waals surface area (Å²) in [6, 6.07) is 21.3. The molecule has 2 fully saturated rings. The van der Waals surface area contributed by atoms with Crippen molar-refractivity contribution < 1.29 is 14.4 Å². The third kappa shape index (κ3) is 4.96. The summed E-state index contributed by atoms with van der Waals surface area (Å²) in [4.78, 5) is 42.0. The second-order valence-electron chi connectivity index (χ2n) is 11.8. The Kier molecular flexibility index (Phi) is 7.24. The van der Waals surface area contributed by atoms with Gasteiger partial charge in [-0.3, -0.25) is 19.4 Å². The summed E-state index contributed by atoms with van der Waals surface area (Å²) in [6.07, 6.45) is 4.98. The second-order valence-corrected chi connectivity index (χ2v) is 12.8. The van der Waals surface area contributed by atoms with E-state index in [0.717, 1.165) is 56.6 Å². The highest BCUT2D eigenvalue weighted by Crippen LogP contribution is 2.45. The lowest BCUT2D eigenvalue weighted by atomic mass is 9.77. The van der Waals surface area contributed by atoms with Crippen LogP contribution < -0.4 is 4.90 Å². The molecule has 1 saturated heterocycles. The van der Waals surface area contributed by atoms with Crippen LogP contribution in [0, 0.1) is 19.8 Å². The van der Waals surface area contributed by atoms with Crippen molar-refractivity contribution in [2.45, 2.75) is 51.2 Å². The number of benzene rings is 3. The topological polar surface area (TPSA) is 98.0 Å². The lowest BCUT2D eigenvalue weighted by molar-refractivity contribution is -0.136.